The molecule has 0 N–H and O–H groups in total. The van der Waals surface area contributed by atoms with Crippen molar-refractivity contribution in [3.05, 3.63) is 35.3 Å². The molecule has 2 heterocycles. The van der Waals surface area contributed by atoms with Gasteiger partial charge in [-0.2, -0.15) is 0 Å². The maximum atomic E-state index is 12.2. The van der Waals surface area contributed by atoms with Crippen LogP contribution in [0.15, 0.2) is 30.5 Å². The van der Waals surface area contributed by atoms with Crippen LogP contribution < -0.4 is 4.74 Å². The maximum absolute atomic E-state index is 12.2. The number of esters is 2. The summed E-state index contributed by atoms with van der Waals surface area (Å²) in [6.07, 6.45) is 1.69. The van der Waals surface area contributed by atoms with E-state index in [0.717, 1.165) is 15.6 Å². The zero-order valence-corrected chi connectivity index (χ0v) is 15.8. The van der Waals surface area contributed by atoms with Crippen LogP contribution in [-0.4, -0.2) is 36.2 Å². The van der Waals surface area contributed by atoms with Gasteiger partial charge in [-0.05, 0) is 32.9 Å². The summed E-state index contributed by atoms with van der Waals surface area (Å²) < 4.78 is 16.6. The number of benzene rings is 1. The van der Waals surface area contributed by atoms with E-state index in [-0.39, 0.29) is 6.61 Å². The molecule has 0 saturated heterocycles. The standard InChI is InChI=1S/C19H19NO5S/c1-19(2,3)25-13(21)10-24-15-12-8-7-11-6-5-9-20-14(11)16(12)26-17(15)18(22)23-4/h5-9H,10H2,1-4H3. The van der Waals surface area contributed by atoms with Gasteiger partial charge in [-0.15, -0.1) is 11.3 Å². The molecule has 0 fully saturated rings. The van der Waals surface area contributed by atoms with Gasteiger partial charge in [0, 0.05) is 17.0 Å². The first-order valence-corrected chi connectivity index (χ1v) is 8.85. The zero-order valence-electron chi connectivity index (χ0n) is 15.0. The van der Waals surface area contributed by atoms with Crippen LogP contribution in [0.5, 0.6) is 5.75 Å². The van der Waals surface area contributed by atoms with Crippen molar-refractivity contribution in [3.63, 3.8) is 0 Å². The number of aromatic nitrogens is 1. The molecular formula is C19H19NO5S. The van der Waals surface area contributed by atoms with Crippen molar-refractivity contribution < 1.29 is 23.8 Å². The van der Waals surface area contributed by atoms with E-state index in [4.69, 9.17) is 14.2 Å². The fourth-order valence-electron chi connectivity index (χ4n) is 2.54. The molecule has 0 radical (unpaired) electrons. The van der Waals surface area contributed by atoms with E-state index >= 15 is 0 Å². The van der Waals surface area contributed by atoms with E-state index in [9.17, 15) is 9.59 Å². The summed E-state index contributed by atoms with van der Waals surface area (Å²) in [5.74, 6) is -0.712. The van der Waals surface area contributed by atoms with Crippen molar-refractivity contribution in [2.24, 2.45) is 0 Å². The lowest BCUT2D eigenvalue weighted by Crippen LogP contribution is -2.27. The number of carbonyl (C=O) groups excluding carboxylic acids is 2. The van der Waals surface area contributed by atoms with Gasteiger partial charge in [0.2, 0.25) is 0 Å². The van der Waals surface area contributed by atoms with Crippen LogP contribution in [0.1, 0.15) is 30.4 Å². The Morgan fingerprint density at radius 2 is 1.96 bits per heavy atom. The van der Waals surface area contributed by atoms with Crippen LogP contribution in [-0.2, 0) is 14.3 Å². The lowest BCUT2D eigenvalue weighted by Gasteiger charge is -2.19. The van der Waals surface area contributed by atoms with E-state index in [1.807, 2.05) is 24.3 Å². The number of ether oxygens (including phenoxy) is 3. The van der Waals surface area contributed by atoms with Gasteiger partial charge in [-0.1, -0.05) is 12.1 Å². The van der Waals surface area contributed by atoms with E-state index in [1.54, 1.807) is 27.0 Å². The van der Waals surface area contributed by atoms with Gasteiger partial charge in [0.05, 0.1) is 17.3 Å². The predicted octanol–water partition coefficient (Wildman–Crippen LogP) is 3.96. The first-order valence-electron chi connectivity index (χ1n) is 8.03. The second-order valence-corrected chi connectivity index (χ2v) is 7.66. The van der Waals surface area contributed by atoms with Gasteiger partial charge in [0.25, 0.3) is 0 Å². The number of fused-ring (bicyclic) bond motifs is 3. The predicted molar refractivity (Wildman–Crippen MR) is 99.8 cm³/mol. The first kappa shape index (κ1) is 18.1. The average Bonchev–Trinajstić information content (AvgIpc) is 2.96. The summed E-state index contributed by atoms with van der Waals surface area (Å²) >= 11 is 1.24. The second-order valence-electron chi connectivity index (χ2n) is 6.64. The molecule has 6 nitrogen and oxygen atoms in total. The van der Waals surface area contributed by atoms with Crippen molar-refractivity contribution in [3.8, 4) is 5.75 Å². The van der Waals surface area contributed by atoms with Gasteiger partial charge in [-0.3, -0.25) is 4.98 Å². The summed E-state index contributed by atoms with van der Waals surface area (Å²) in [4.78, 5) is 28.9. The number of thiophene rings is 1. The fourth-order valence-corrected chi connectivity index (χ4v) is 3.71. The Hall–Kier alpha value is -2.67. The highest BCUT2D eigenvalue weighted by atomic mass is 32.1. The number of nitrogens with zero attached hydrogens (tertiary/aromatic N) is 1. The molecule has 0 aliphatic rings. The van der Waals surface area contributed by atoms with E-state index in [0.29, 0.717) is 16.0 Å². The Morgan fingerprint density at radius 1 is 1.19 bits per heavy atom. The third-order valence-corrected chi connectivity index (χ3v) is 4.68. The van der Waals surface area contributed by atoms with Crippen molar-refractivity contribution in [2.75, 3.05) is 13.7 Å². The molecule has 0 amide bonds. The normalized spacial score (nSPS) is 11.5. The number of hydrogen-bond acceptors (Lipinski definition) is 7. The Kier molecular flexibility index (Phi) is 4.82. The van der Waals surface area contributed by atoms with Gasteiger partial charge in [0.1, 0.15) is 5.60 Å². The summed E-state index contributed by atoms with van der Waals surface area (Å²) in [7, 11) is 1.31. The highest BCUT2D eigenvalue weighted by Crippen LogP contribution is 2.41. The summed E-state index contributed by atoms with van der Waals surface area (Å²) in [6.45, 7) is 5.04. The smallest absolute Gasteiger partial charge is 0.351 e. The van der Waals surface area contributed by atoms with Gasteiger partial charge in [0.15, 0.2) is 17.2 Å². The summed E-state index contributed by atoms with van der Waals surface area (Å²) in [5, 5.41) is 1.67. The monoisotopic (exact) mass is 373 g/mol. The third-order valence-electron chi connectivity index (χ3n) is 3.51. The first-order chi connectivity index (χ1) is 12.3. The molecule has 0 aliphatic heterocycles. The topological polar surface area (TPSA) is 74.7 Å². The SMILES string of the molecule is COC(=O)c1sc2c(ccc3cccnc32)c1OCC(=O)OC(C)(C)C. The van der Waals surface area contributed by atoms with Gasteiger partial charge >= 0.3 is 11.9 Å². The minimum atomic E-state index is -0.609. The van der Waals surface area contributed by atoms with Crippen molar-refractivity contribution in [1.29, 1.82) is 0 Å². The molecule has 0 bridgehead atoms. The molecular weight excluding hydrogens is 354 g/mol. The molecule has 26 heavy (non-hydrogen) atoms. The molecule has 0 aliphatic carbocycles. The highest BCUT2D eigenvalue weighted by molar-refractivity contribution is 7.22. The lowest BCUT2D eigenvalue weighted by atomic mass is 10.1. The Bertz CT molecular complexity index is 987. The molecule has 0 unspecified atom stereocenters. The summed E-state index contributed by atoms with van der Waals surface area (Å²) in [6, 6.07) is 7.55. The van der Waals surface area contributed by atoms with Crippen LogP contribution in [0.4, 0.5) is 0 Å². The van der Waals surface area contributed by atoms with E-state index in [1.165, 1.54) is 18.4 Å². The van der Waals surface area contributed by atoms with Gasteiger partial charge < -0.3 is 14.2 Å². The number of pyridine rings is 1. The molecule has 3 aromatic rings. The second kappa shape index (κ2) is 6.92. The quantitative estimate of drug-likeness (QED) is 0.645. The van der Waals surface area contributed by atoms with Gasteiger partial charge in [-0.25, -0.2) is 9.59 Å². The van der Waals surface area contributed by atoms with E-state index < -0.39 is 17.5 Å². The molecule has 2 aromatic heterocycles. The van der Waals surface area contributed by atoms with Crippen molar-refractivity contribution in [1.82, 2.24) is 4.98 Å². The Labute approximate surface area is 154 Å². The van der Waals surface area contributed by atoms with Crippen molar-refractivity contribution in [2.45, 2.75) is 26.4 Å². The molecule has 1 aromatic carbocycles. The number of methoxy groups -OCH3 is 1. The molecule has 3 rings (SSSR count). The van der Waals surface area contributed by atoms with E-state index in [2.05, 4.69) is 4.98 Å². The maximum Gasteiger partial charge on any atom is 0.351 e. The molecule has 7 heteroatoms. The van der Waals surface area contributed by atoms with Crippen LogP contribution in [0.2, 0.25) is 0 Å². The Morgan fingerprint density at radius 3 is 2.65 bits per heavy atom. The number of carbonyl (C=O) groups is 2. The zero-order chi connectivity index (χ0) is 18.9. The van der Waals surface area contributed by atoms with Crippen LogP contribution in [0, 0.1) is 0 Å². The molecule has 0 saturated carbocycles. The average molecular weight is 373 g/mol. The third kappa shape index (κ3) is 3.62. The number of rotatable bonds is 4. The minimum Gasteiger partial charge on any atom is -0.479 e. The largest absolute Gasteiger partial charge is 0.479 e. The Balaban J connectivity index is 2.03. The highest BCUT2D eigenvalue weighted by Gasteiger charge is 2.24. The lowest BCUT2D eigenvalue weighted by molar-refractivity contribution is -0.157. The van der Waals surface area contributed by atoms with Crippen molar-refractivity contribution >= 4 is 44.3 Å². The molecule has 0 spiro atoms. The minimum absolute atomic E-state index is 0.296. The molecule has 136 valence electrons. The van der Waals surface area contributed by atoms with Crippen LogP contribution in [0.25, 0.3) is 21.0 Å². The fraction of sp³-hybridized carbons (Fsp3) is 0.316. The molecule has 0 atom stereocenters. The summed E-state index contributed by atoms with van der Waals surface area (Å²) in [5.41, 5.74) is 0.162. The van der Waals surface area contributed by atoms with Crippen LogP contribution in [0.3, 0.4) is 0 Å². The number of hydrogen-bond donors (Lipinski definition) is 0. The van der Waals surface area contributed by atoms with Crippen LogP contribution >= 0.6 is 11.3 Å².